The molecule has 0 saturated carbocycles. The van der Waals surface area contributed by atoms with E-state index in [1.54, 1.807) is 58.2 Å². The number of aliphatic hydroxyl groups is 1. The van der Waals surface area contributed by atoms with Crippen molar-refractivity contribution in [1.82, 2.24) is 67.7 Å². The fourth-order valence-electron chi connectivity index (χ4n) is 10.5. The fourth-order valence-corrected chi connectivity index (χ4v) is 10.5. The molecule has 17 N–H and O–H groups in total. The molecule has 6 rings (SSSR count). The standard InChI is InChI=1S/C59H82N16O13/c1-31(2)22-42(51(81)68-41(12-8-20-63-59(60)61)58(88)75-21-9-13-48(75)57(87)66-33(5)77)69-52(82)43(23-32(3)4)70-53(83)44(24-34-14-16-37(78)17-15-34)71-56(86)47(29-76)74-54(84)45(25-35-27-64-39-11-7-6-10-38(35)39)72-55(85)46(26-36-28-62-30-65-36)73-50(80)40-18-19-49(79)67-40/h6-7,10-11,14-17,27-28,30-32,40-48,64,76,78H,8-9,12-13,18-26,29H2,1-5H3,(H,62,65)(H,67,79)(H,68,81)(H,69,82)(H,70,83)(H,71,86)(H,72,85)(H,73,80)(H,74,84)(H4,60,61,63)(H,66,77,87)/t40-,41-,42-,43+,44-,45-,46-,47+,48-/m0/s1. The number of likely N-dealkylation sites (tertiary alicyclic amines) is 1. The lowest BCUT2D eigenvalue weighted by Crippen LogP contribution is -2.61. The number of imidazole rings is 1. The van der Waals surface area contributed by atoms with Gasteiger partial charge in [0.15, 0.2) is 5.96 Å². The minimum absolute atomic E-state index is 0.0144. The van der Waals surface area contributed by atoms with E-state index < -0.39 is 120 Å². The number of aromatic nitrogens is 3. The molecule has 4 heterocycles. The number of nitrogens with two attached hydrogens (primary N) is 2. The molecule has 88 heavy (non-hydrogen) atoms. The second kappa shape index (κ2) is 32.4. The van der Waals surface area contributed by atoms with Gasteiger partial charge >= 0.3 is 0 Å². The Morgan fingerprint density at radius 3 is 1.83 bits per heavy atom. The van der Waals surface area contributed by atoms with Crippen LogP contribution < -0.4 is 59.3 Å². The van der Waals surface area contributed by atoms with Crippen molar-refractivity contribution in [3.63, 3.8) is 0 Å². The first kappa shape index (κ1) is 67.7. The number of aromatic amines is 2. The summed E-state index contributed by atoms with van der Waals surface area (Å²) < 4.78 is 0. The molecule has 2 saturated heterocycles. The van der Waals surface area contributed by atoms with E-state index in [-0.39, 0.29) is 107 Å². The van der Waals surface area contributed by atoms with E-state index in [1.807, 2.05) is 0 Å². The normalized spacial score (nSPS) is 17.0. The smallest absolute Gasteiger partial charge is 0.249 e. The number of guanidine groups is 1. The van der Waals surface area contributed by atoms with E-state index in [2.05, 4.69) is 67.8 Å². The van der Waals surface area contributed by atoms with Gasteiger partial charge in [0.1, 0.15) is 60.1 Å². The van der Waals surface area contributed by atoms with Crippen LogP contribution in [0.3, 0.4) is 0 Å². The molecule has 2 aromatic carbocycles. The van der Waals surface area contributed by atoms with Gasteiger partial charge in [0, 0.05) is 74.7 Å². The van der Waals surface area contributed by atoms with Crippen LogP contribution in [0.25, 0.3) is 10.9 Å². The number of para-hydroxylation sites is 1. The zero-order valence-corrected chi connectivity index (χ0v) is 50.0. The highest BCUT2D eigenvalue weighted by atomic mass is 16.3. The lowest BCUT2D eigenvalue weighted by Gasteiger charge is -2.30. The van der Waals surface area contributed by atoms with E-state index in [4.69, 9.17) is 11.5 Å². The summed E-state index contributed by atoms with van der Waals surface area (Å²) in [7, 11) is 0. The number of phenolic OH excluding ortho intramolecular Hbond substituents is 1. The third kappa shape index (κ3) is 20.1. The molecule has 2 aliphatic rings. The van der Waals surface area contributed by atoms with Crippen LogP contribution in [0.4, 0.5) is 0 Å². The fraction of sp³-hybridized carbons (Fsp3) is 0.508. The monoisotopic (exact) mass is 1220 g/mol. The van der Waals surface area contributed by atoms with Crippen LogP contribution in [-0.4, -0.2) is 175 Å². The van der Waals surface area contributed by atoms with Crippen molar-refractivity contribution in [1.29, 1.82) is 0 Å². The largest absolute Gasteiger partial charge is 0.508 e. The number of phenols is 1. The number of nitrogens with one attached hydrogen (secondary N) is 11. The molecule has 9 atom stereocenters. The van der Waals surface area contributed by atoms with Gasteiger partial charge in [-0.05, 0) is 86.1 Å². The quantitative estimate of drug-likeness (QED) is 0.0149. The van der Waals surface area contributed by atoms with Gasteiger partial charge in [-0.3, -0.25) is 63.0 Å². The second-order valence-electron chi connectivity index (χ2n) is 22.9. The van der Waals surface area contributed by atoms with Crippen molar-refractivity contribution < 1.29 is 63.0 Å². The topological polar surface area (TPSA) is 449 Å². The molecule has 0 aliphatic carbocycles. The summed E-state index contributed by atoms with van der Waals surface area (Å²) in [5.74, 6) is -8.88. The molecule has 29 heteroatoms. The minimum atomic E-state index is -1.77. The lowest BCUT2D eigenvalue weighted by molar-refractivity contribution is -0.143. The molecule has 2 aliphatic heterocycles. The van der Waals surface area contributed by atoms with Crippen LogP contribution in [0, 0.1) is 11.8 Å². The molecule has 29 nitrogen and oxygen atoms in total. The van der Waals surface area contributed by atoms with Crippen LogP contribution in [0.5, 0.6) is 5.75 Å². The van der Waals surface area contributed by atoms with Crippen molar-refractivity contribution in [2.75, 3.05) is 19.7 Å². The summed E-state index contributed by atoms with van der Waals surface area (Å²) in [5, 5.41) is 45.2. The zero-order chi connectivity index (χ0) is 64.2. The number of nitrogens with zero attached hydrogens (tertiary/aromatic N) is 3. The predicted octanol–water partition coefficient (Wildman–Crippen LogP) is -1.91. The Kier molecular flexibility index (Phi) is 24.9. The number of hydrogen-bond donors (Lipinski definition) is 15. The number of hydrogen-bond acceptors (Lipinski definition) is 15. The van der Waals surface area contributed by atoms with Crippen molar-refractivity contribution in [2.24, 2.45) is 28.3 Å². The number of carbonyl (C=O) groups is 11. The Bertz CT molecular complexity index is 3140. The second-order valence-corrected chi connectivity index (χ2v) is 22.9. The number of amides is 11. The molecule has 476 valence electrons. The van der Waals surface area contributed by atoms with Crippen molar-refractivity contribution >= 4 is 81.8 Å². The average Bonchev–Trinajstić information content (AvgIpc) is 4.36. The van der Waals surface area contributed by atoms with Crippen LogP contribution in [0.2, 0.25) is 0 Å². The average molecular weight is 1220 g/mol. The van der Waals surface area contributed by atoms with Crippen molar-refractivity contribution in [2.45, 2.75) is 160 Å². The summed E-state index contributed by atoms with van der Waals surface area (Å²) in [5.41, 5.74) is 13.2. The molecule has 4 aromatic rings. The number of fused-ring (bicyclic) bond motifs is 1. The van der Waals surface area contributed by atoms with E-state index in [9.17, 15) is 63.0 Å². The molecule has 2 aromatic heterocycles. The maximum Gasteiger partial charge on any atom is 0.249 e. The van der Waals surface area contributed by atoms with Gasteiger partial charge in [-0.25, -0.2) is 4.98 Å². The van der Waals surface area contributed by atoms with Crippen LogP contribution in [0.1, 0.15) is 103 Å². The van der Waals surface area contributed by atoms with Gasteiger partial charge < -0.3 is 79.1 Å². The molecule has 0 unspecified atom stereocenters. The van der Waals surface area contributed by atoms with Crippen molar-refractivity contribution in [3.05, 3.63) is 84.1 Å². The number of imide groups is 1. The molecule has 2 fully saturated rings. The van der Waals surface area contributed by atoms with E-state index in [0.29, 0.717) is 34.1 Å². The number of aliphatic hydroxyl groups excluding tert-OH is 1. The summed E-state index contributed by atoms with van der Waals surface area (Å²) in [6.07, 6.45) is 5.27. The maximum absolute atomic E-state index is 14.7. The lowest BCUT2D eigenvalue weighted by atomic mass is 9.98. The van der Waals surface area contributed by atoms with Crippen LogP contribution in [0.15, 0.2) is 72.2 Å². The summed E-state index contributed by atoms with van der Waals surface area (Å²) in [4.78, 5) is 167. The number of rotatable bonds is 31. The van der Waals surface area contributed by atoms with E-state index in [1.165, 1.54) is 48.6 Å². The summed E-state index contributed by atoms with van der Waals surface area (Å²) in [6, 6.07) is 1.04. The Hall–Kier alpha value is -9.41. The number of carbonyl (C=O) groups excluding carboxylic acids is 11. The summed E-state index contributed by atoms with van der Waals surface area (Å²) >= 11 is 0. The molecular formula is C59H82N16O13. The molecular weight excluding hydrogens is 1140 g/mol. The van der Waals surface area contributed by atoms with Gasteiger partial charge in [-0.2, -0.15) is 0 Å². The first-order valence-corrected chi connectivity index (χ1v) is 29.4. The first-order chi connectivity index (χ1) is 41.9. The Labute approximate surface area is 508 Å². The molecule has 11 amide bonds. The van der Waals surface area contributed by atoms with E-state index >= 15 is 0 Å². The number of aliphatic imine (C=N–C) groups is 1. The third-order valence-corrected chi connectivity index (χ3v) is 14.9. The van der Waals surface area contributed by atoms with Gasteiger partial charge in [0.05, 0.1) is 12.9 Å². The van der Waals surface area contributed by atoms with Gasteiger partial charge in [0.25, 0.3) is 0 Å². The number of aromatic hydroxyl groups is 1. The Morgan fingerprint density at radius 1 is 0.693 bits per heavy atom. The predicted molar refractivity (Wildman–Crippen MR) is 320 cm³/mol. The highest BCUT2D eigenvalue weighted by Gasteiger charge is 2.40. The van der Waals surface area contributed by atoms with Crippen molar-refractivity contribution in [3.8, 4) is 5.75 Å². The Balaban J connectivity index is 1.22. The van der Waals surface area contributed by atoms with Crippen LogP contribution in [-0.2, 0) is 72.0 Å². The number of H-pyrrole nitrogens is 2. The highest BCUT2D eigenvalue weighted by molar-refractivity contribution is 6.01. The number of benzene rings is 2. The van der Waals surface area contributed by atoms with Gasteiger partial charge in [0.2, 0.25) is 65.0 Å². The minimum Gasteiger partial charge on any atom is -0.508 e. The molecule has 0 bridgehead atoms. The Morgan fingerprint density at radius 2 is 1.26 bits per heavy atom. The third-order valence-electron chi connectivity index (χ3n) is 14.9. The summed E-state index contributed by atoms with van der Waals surface area (Å²) in [6.45, 7) is 7.61. The molecule has 0 radical (unpaired) electrons. The first-order valence-electron chi connectivity index (χ1n) is 29.4. The SMILES string of the molecule is CC(=O)NC(=O)[C@@H]1CCCN1C(=O)[C@H](CCCN=C(N)N)NC(=O)[C@H](CC(C)C)NC(=O)[C@@H](CC(C)C)NC(=O)[C@H](Cc1ccc(O)cc1)NC(=O)[C@@H](CO)NC(=O)[C@H](Cc1c[nH]c2ccccc12)NC(=O)[C@H](Cc1cnc[nH]1)NC(=O)[C@@H]1CCC(=O)N1. The highest BCUT2D eigenvalue weighted by Crippen LogP contribution is 2.22. The van der Waals surface area contributed by atoms with Gasteiger partial charge in [-0.15, -0.1) is 0 Å². The van der Waals surface area contributed by atoms with Crippen LogP contribution >= 0.6 is 0 Å². The van der Waals surface area contributed by atoms with E-state index in [0.717, 1.165) is 0 Å². The zero-order valence-electron chi connectivity index (χ0n) is 50.0. The molecule has 0 spiro atoms. The maximum atomic E-state index is 14.7. The van der Waals surface area contributed by atoms with Gasteiger partial charge in [-0.1, -0.05) is 58.0 Å².